The first-order chi connectivity index (χ1) is 6.27. The van der Waals surface area contributed by atoms with Crippen molar-refractivity contribution in [2.75, 3.05) is 0 Å². The highest BCUT2D eigenvalue weighted by molar-refractivity contribution is 6.33. The van der Waals surface area contributed by atoms with Crippen LogP contribution in [0.2, 0.25) is 10.3 Å². The van der Waals surface area contributed by atoms with E-state index < -0.39 is 0 Å². The molecule has 0 aliphatic heterocycles. The molecular weight excluding hydrogens is 211 g/mol. The van der Waals surface area contributed by atoms with E-state index in [2.05, 4.69) is 20.2 Å². The summed E-state index contributed by atoms with van der Waals surface area (Å²) < 4.78 is 0. The van der Waals surface area contributed by atoms with Gasteiger partial charge in [0.25, 0.3) is 0 Å². The Morgan fingerprint density at radius 3 is 2.77 bits per heavy atom. The van der Waals surface area contributed by atoms with Crippen LogP contribution in [0.4, 0.5) is 0 Å². The van der Waals surface area contributed by atoms with Crippen molar-refractivity contribution in [1.29, 1.82) is 0 Å². The molecule has 66 valence electrons. The van der Waals surface area contributed by atoms with Gasteiger partial charge in [0.05, 0.1) is 18.2 Å². The van der Waals surface area contributed by atoms with Gasteiger partial charge in [-0.15, -0.1) is 10.2 Å². The fourth-order valence-electron chi connectivity index (χ4n) is 0.945. The molecule has 0 bridgehead atoms. The molecule has 0 aliphatic rings. The molecule has 13 heavy (non-hydrogen) atoms. The number of hydrogen-bond donors (Lipinski definition) is 1. The van der Waals surface area contributed by atoms with Crippen LogP contribution in [0.15, 0.2) is 18.6 Å². The van der Waals surface area contributed by atoms with E-state index in [1.807, 2.05) is 0 Å². The van der Waals surface area contributed by atoms with Crippen molar-refractivity contribution in [3.8, 4) is 11.3 Å². The van der Waals surface area contributed by atoms with Crippen molar-refractivity contribution in [3.63, 3.8) is 0 Å². The smallest absolute Gasteiger partial charge is 0.161 e. The molecule has 2 aromatic rings. The molecule has 0 fully saturated rings. The maximum Gasteiger partial charge on any atom is 0.161 e. The van der Waals surface area contributed by atoms with Gasteiger partial charge in [-0.25, -0.2) is 4.98 Å². The standard InChI is InChI=1S/C7H4Cl2N4/c8-6-1-4(7(9)13-12-6)5-2-10-3-11-5/h1-3H,(H,10,11). The summed E-state index contributed by atoms with van der Waals surface area (Å²) in [5.74, 6) is 0. The monoisotopic (exact) mass is 214 g/mol. The Morgan fingerprint density at radius 2 is 2.08 bits per heavy atom. The quantitative estimate of drug-likeness (QED) is 0.792. The first kappa shape index (κ1) is 8.47. The highest BCUT2D eigenvalue weighted by Gasteiger charge is 2.07. The maximum absolute atomic E-state index is 5.81. The number of nitrogens with one attached hydrogen (secondary N) is 1. The van der Waals surface area contributed by atoms with Crippen LogP contribution in [0.25, 0.3) is 11.3 Å². The van der Waals surface area contributed by atoms with E-state index in [1.54, 1.807) is 18.6 Å². The molecule has 2 aromatic heterocycles. The zero-order valence-electron chi connectivity index (χ0n) is 6.33. The number of hydrogen-bond acceptors (Lipinski definition) is 3. The van der Waals surface area contributed by atoms with E-state index in [0.29, 0.717) is 15.9 Å². The Balaban J connectivity index is 2.57. The Bertz CT molecular complexity index is 412. The molecule has 0 radical (unpaired) electrons. The average molecular weight is 215 g/mol. The van der Waals surface area contributed by atoms with Crippen LogP contribution in [0, 0.1) is 0 Å². The van der Waals surface area contributed by atoms with Crippen molar-refractivity contribution in [2.45, 2.75) is 0 Å². The lowest BCUT2D eigenvalue weighted by Crippen LogP contribution is -1.87. The summed E-state index contributed by atoms with van der Waals surface area (Å²) in [5.41, 5.74) is 1.46. The van der Waals surface area contributed by atoms with Gasteiger partial charge < -0.3 is 4.98 Å². The molecule has 2 heterocycles. The zero-order chi connectivity index (χ0) is 9.26. The van der Waals surface area contributed by atoms with Gasteiger partial charge in [0.15, 0.2) is 10.3 Å². The van der Waals surface area contributed by atoms with E-state index in [1.165, 1.54) is 0 Å². The number of imidazole rings is 1. The van der Waals surface area contributed by atoms with Crippen LogP contribution in [0.3, 0.4) is 0 Å². The minimum Gasteiger partial charge on any atom is -0.345 e. The van der Waals surface area contributed by atoms with E-state index in [0.717, 1.165) is 5.69 Å². The molecule has 0 atom stereocenters. The van der Waals surface area contributed by atoms with Crippen LogP contribution in [0.1, 0.15) is 0 Å². The minimum absolute atomic E-state index is 0.300. The van der Waals surface area contributed by atoms with Crippen molar-refractivity contribution >= 4 is 23.2 Å². The van der Waals surface area contributed by atoms with Gasteiger partial charge in [0.2, 0.25) is 0 Å². The number of rotatable bonds is 1. The third kappa shape index (κ3) is 1.64. The summed E-state index contributed by atoms with van der Waals surface area (Å²) in [6, 6.07) is 1.63. The van der Waals surface area contributed by atoms with Crippen LogP contribution >= 0.6 is 23.2 Å². The lowest BCUT2D eigenvalue weighted by atomic mass is 10.2. The number of aromatic nitrogens is 4. The Labute approximate surface area is 83.9 Å². The molecule has 0 saturated heterocycles. The predicted molar refractivity (Wildman–Crippen MR) is 49.6 cm³/mol. The largest absolute Gasteiger partial charge is 0.345 e. The van der Waals surface area contributed by atoms with Crippen molar-refractivity contribution in [3.05, 3.63) is 28.9 Å². The normalized spacial score (nSPS) is 10.3. The molecule has 4 nitrogen and oxygen atoms in total. The molecule has 6 heteroatoms. The van der Waals surface area contributed by atoms with Crippen molar-refractivity contribution in [1.82, 2.24) is 20.2 Å². The van der Waals surface area contributed by atoms with E-state index in [9.17, 15) is 0 Å². The van der Waals surface area contributed by atoms with Gasteiger partial charge in [-0.05, 0) is 6.07 Å². The highest BCUT2D eigenvalue weighted by Crippen LogP contribution is 2.24. The fourth-order valence-corrected chi connectivity index (χ4v) is 1.29. The lowest BCUT2D eigenvalue weighted by molar-refractivity contribution is 1.03. The summed E-state index contributed by atoms with van der Waals surface area (Å²) in [6.45, 7) is 0. The number of H-pyrrole nitrogens is 1. The molecule has 0 spiro atoms. The molecule has 0 saturated carbocycles. The first-order valence-electron chi connectivity index (χ1n) is 3.45. The summed E-state index contributed by atoms with van der Waals surface area (Å²) in [7, 11) is 0. The first-order valence-corrected chi connectivity index (χ1v) is 4.20. The van der Waals surface area contributed by atoms with Crippen molar-refractivity contribution < 1.29 is 0 Å². The Kier molecular flexibility index (Phi) is 2.16. The third-order valence-corrected chi connectivity index (χ3v) is 1.97. The summed E-state index contributed by atoms with van der Waals surface area (Å²) in [4.78, 5) is 6.76. The van der Waals surface area contributed by atoms with Gasteiger partial charge in [0.1, 0.15) is 0 Å². The second kappa shape index (κ2) is 3.32. The SMILES string of the molecule is Clc1cc(-c2cnc[nH]2)c(Cl)nn1. The van der Waals surface area contributed by atoms with Crippen molar-refractivity contribution in [2.24, 2.45) is 0 Å². The average Bonchev–Trinajstić information content (AvgIpc) is 2.61. The van der Waals surface area contributed by atoms with Gasteiger partial charge >= 0.3 is 0 Å². The number of nitrogens with zero attached hydrogens (tertiary/aromatic N) is 3. The Hall–Kier alpha value is -1.13. The minimum atomic E-state index is 0.300. The summed E-state index contributed by atoms with van der Waals surface area (Å²) in [6.07, 6.45) is 3.19. The molecule has 0 aliphatic carbocycles. The van der Waals surface area contributed by atoms with Crippen LogP contribution in [-0.4, -0.2) is 20.2 Å². The van der Waals surface area contributed by atoms with Crippen LogP contribution < -0.4 is 0 Å². The van der Waals surface area contributed by atoms with Crippen LogP contribution in [-0.2, 0) is 0 Å². The van der Waals surface area contributed by atoms with Gasteiger partial charge in [-0.1, -0.05) is 23.2 Å². The lowest BCUT2D eigenvalue weighted by Gasteiger charge is -1.98. The summed E-state index contributed by atoms with van der Waals surface area (Å²) >= 11 is 11.5. The fraction of sp³-hybridized carbons (Fsp3) is 0. The van der Waals surface area contributed by atoms with Crippen LogP contribution in [0.5, 0.6) is 0 Å². The highest BCUT2D eigenvalue weighted by atomic mass is 35.5. The zero-order valence-corrected chi connectivity index (χ0v) is 7.84. The molecule has 0 unspecified atom stereocenters. The number of aromatic amines is 1. The van der Waals surface area contributed by atoms with E-state index in [-0.39, 0.29) is 0 Å². The predicted octanol–water partition coefficient (Wildman–Crippen LogP) is 2.17. The molecule has 0 aromatic carbocycles. The van der Waals surface area contributed by atoms with E-state index >= 15 is 0 Å². The maximum atomic E-state index is 5.81. The number of halogens is 2. The molecule has 2 rings (SSSR count). The molecular formula is C7H4Cl2N4. The topological polar surface area (TPSA) is 54.5 Å². The Morgan fingerprint density at radius 1 is 1.23 bits per heavy atom. The van der Waals surface area contributed by atoms with Gasteiger partial charge in [0, 0.05) is 5.56 Å². The third-order valence-electron chi connectivity index (χ3n) is 1.51. The molecule has 1 N–H and O–H groups in total. The molecule has 0 amide bonds. The van der Waals surface area contributed by atoms with Gasteiger partial charge in [-0.2, -0.15) is 0 Å². The van der Waals surface area contributed by atoms with E-state index in [4.69, 9.17) is 23.2 Å². The summed E-state index contributed by atoms with van der Waals surface area (Å²) in [5, 5.41) is 7.87. The second-order valence-electron chi connectivity index (χ2n) is 2.34. The second-order valence-corrected chi connectivity index (χ2v) is 3.08. The van der Waals surface area contributed by atoms with Gasteiger partial charge in [-0.3, -0.25) is 0 Å².